The van der Waals surface area contributed by atoms with Gasteiger partial charge in [-0.05, 0) is 43.2 Å². The van der Waals surface area contributed by atoms with Crippen molar-refractivity contribution in [3.8, 4) is 0 Å². The Balaban J connectivity index is 2.89. The monoisotopic (exact) mass is 289 g/mol. The van der Waals surface area contributed by atoms with Gasteiger partial charge >= 0.3 is 0 Å². The van der Waals surface area contributed by atoms with E-state index in [2.05, 4.69) is 0 Å². The molecule has 0 fully saturated rings. The van der Waals surface area contributed by atoms with Crippen LogP contribution in [0.5, 0.6) is 0 Å². The first kappa shape index (κ1) is 15.2. The molecule has 0 aliphatic rings. The van der Waals surface area contributed by atoms with Gasteiger partial charge in [0, 0.05) is 18.3 Å². The number of rotatable bonds is 4. The standard InChI is InChI=1S/C12H19NO3S2/c1-12(2,3)13(7-10-5-6-17-8-10)11(14)9-18(4,15)16/h5-6,8H,7,9H2,1-4H3. The quantitative estimate of drug-likeness (QED) is 0.851. The van der Waals surface area contributed by atoms with Crippen molar-refractivity contribution in [3.63, 3.8) is 0 Å². The van der Waals surface area contributed by atoms with E-state index in [0.717, 1.165) is 11.8 Å². The minimum absolute atomic E-state index is 0.351. The summed E-state index contributed by atoms with van der Waals surface area (Å²) in [5.74, 6) is -0.787. The molecule has 0 saturated heterocycles. The molecule has 1 aromatic heterocycles. The van der Waals surface area contributed by atoms with Crippen molar-refractivity contribution in [1.29, 1.82) is 0 Å². The van der Waals surface area contributed by atoms with E-state index in [0.29, 0.717) is 6.54 Å². The van der Waals surface area contributed by atoms with Crippen molar-refractivity contribution in [3.05, 3.63) is 22.4 Å². The molecule has 0 bridgehead atoms. The summed E-state index contributed by atoms with van der Waals surface area (Å²) < 4.78 is 22.5. The molecule has 102 valence electrons. The summed E-state index contributed by atoms with van der Waals surface area (Å²) in [7, 11) is -3.30. The van der Waals surface area contributed by atoms with E-state index < -0.39 is 21.1 Å². The fourth-order valence-corrected chi connectivity index (χ4v) is 2.83. The topological polar surface area (TPSA) is 54.5 Å². The smallest absolute Gasteiger partial charge is 0.238 e. The highest BCUT2D eigenvalue weighted by atomic mass is 32.2. The van der Waals surface area contributed by atoms with Crippen LogP contribution in [-0.4, -0.2) is 36.8 Å². The lowest BCUT2D eigenvalue weighted by atomic mass is 10.1. The normalized spacial score (nSPS) is 12.4. The van der Waals surface area contributed by atoms with Crippen LogP contribution in [0.4, 0.5) is 0 Å². The van der Waals surface area contributed by atoms with Gasteiger partial charge in [-0.3, -0.25) is 4.79 Å². The van der Waals surface area contributed by atoms with Crippen molar-refractivity contribution < 1.29 is 13.2 Å². The van der Waals surface area contributed by atoms with Gasteiger partial charge in [-0.2, -0.15) is 11.3 Å². The molecule has 0 spiro atoms. The molecule has 6 heteroatoms. The molecular formula is C12H19NO3S2. The van der Waals surface area contributed by atoms with Crippen LogP contribution in [0.25, 0.3) is 0 Å². The zero-order chi connectivity index (χ0) is 14.0. The van der Waals surface area contributed by atoms with Crippen LogP contribution in [0.3, 0.4) is 0 Å². The Bertz CT molecular complexity index is 498. The number of thiophene rings is 1. The van der Waals surface area contributed by atoms with Crippen molar-refractivity contribution in [2.45, 2.75) is 32.9 Å². The van der Waals surface area contributed by atoms with Crippen LogP contribution < -0.4 is 0 Å². The Morgan fingerprint density at radius 3 is 2.39 bits per heavy atom. The fourth-order valence-electron chi connectivity index (χ4n) is 1.57. The lowest BCUT2D eigenvalue weighted by Gasteiger charge is -2.35. The number of amides is 1. The summed E-state index contributed by atoms with van der Waals surface area (Å²) in [5.41, 5.74) is 0.626. The molecule has 1 rings (SSSR count). The van der Waals surface area contributed by atoms with Crippen molar-refractivity contribution in [2.24, 2.45) is 0 Å². The lowest BCUT2D eigenvalue weighted by Crippen LogP contribution is -2.47. The van der Waals surface area contributed by atoms with Crippen molar-refractivity contribution >= 4 is 27.1 Å². The van der Waals surface area contributed by atoms with E-state index in [4.69, 9.17) is 0 Å². The molecule has 0 radical (unpaired) electrons. The van der Waals surface area contributed by atoms with Gasteiger partial charge in [0.1, 0.15) is 5.75 Å². The van der Waals surface area contributed by atoms with Crippen LogP contribution in [0, 0.1) is 0 Å². The third-order valence-electron chi connectivity index (χ3n) is 2.42. The van der Waals surface area contributed by atoms with E-state index in [9.17, 15) is 13.2 Å². The average Bonchev–Trinajstić information content (AvgIpc) is 2.61. The van der Waals surface area contributed by atoms with E-state index in [-0.39, 0.29) is 5.91 Å². The second-order valence-corrected chi connectivity index (χ2v) is 8.27. The minimum atomic E-state index is -3.30. The molecule has 0 aliphatic heterocycles. The molecule has 0 atom stereocenters. The molecule has 4 nitrogen and oxygen atoms in total. The van der Waals surface area contributed by atoms with E-state index >= 15 is 0 Å². The number of hydrogen-bond donors (Lipinski definition) is 0. The highest BCUT2D eigenvalue weighted by Crippen LogP contribution is 2.19. The summed E-state index contributed by atoms with van der Waals surface area (Å²) in [6.07, 6.45) is 1.08. The zero-order valence-electron chi connectivity index (χ0n) is 11.1. The van der Waals surface area contributed by atoms with Gasteiger partial charge in [0.2, 0.25) is 5.91 Å². The maximum atomic E-state index is 12.1. The van der Waals surface area contributed by atoms with E-state index in [1.165, 1.54) is 0 Å². The molecule has 0 N–H and O–H groups in total. The Hall–Kier alpha value is -0.880. The largest absolute Gasteiger partial charge is 0.333 e. The summed E-state index contributed by atoms with van der Waals surface area (Å²) in [4.78, 5) is 13.7. The lowest BCUT2D eigenvalue weighted by molar-refractivity contribution is -0.133. The predicted molar refractivity (Wildman–Crippen MR) is 74.3 cm³/mol. The second-order valence-electron chi connectivity index (χ2n) is 5.35. The molecule has 1 aromatic rings. The van der Waals surface area contributed by atoms with Crippen LogP contribution in [0.1, 0.15) is 26.3 Å². The van der Waals surface area contributed by atoms with Gasteiger partial charge in [0.25, 0.3) is 0 Å². The van der Waals surface area contributed by atoms with Crippen molar-refractivity contribution in [2.75, 3.05) is 12.0 Å². The molecule has 0 aliphatic carbocycles. The van der Waals surface area contributed by atoms with Crippen LogP contribution in [-0.2, 0) is 21.2 Å². The molecule has 1 amide bonds. The molecule has 0 aromatic carbocycles. The third kappa shape index (κ3) is 4.78. The van der Waals surface area contributed by atoms with Gasteiger partial charge in [-0.1, -0.05) is 0 Å². The van der Waals surface area contributed by atoms with E-state index in [1.54, 1.807) is 16.2 Å². The molecule has 0 unspecified atom stereocenters. The molecule has 0 saturated carbocycles. The fraction of sp³-hybridized carbons (Fsp3) is 0.583. The summed E-state index contributed by atoms with van der Waals surface area (Å²) in [6, 6.07) is 1.94. The van der Waals surface area contributed by atoms with Gasteiger partial charge in [-0.15, -0.1) is 0 Å². The first-order chi connectivity index (χ1) is 8.09. The predicted octanol–water partition coefficient (Wildman–Crippen LogP) is 1.92. The van der Waals surface area contributed by atoms with Gasteiger partial charge < -0.3 is 4.90 Å². The second kappa shape index (κ2) is 5.40. The third-order valence-corrected chi connectivity index (χ3v) is 3.92. The maximum Gasteiger partial charge on any atom is 0.238 e. The summed E-state index contributed by atoms with van der Waals surface area (Å²) >= 11 is 1.56. The summed E-state index contributed by atoms with van der Waals surface area (Å²) in [5, 5.41) is 3.91. The van der Waals surface area contributed by atoms with Crippen LogP contribution in [0.15, 0.2) is 16.8 Å². The highest BCUT2D eigenvalue weighted by molar-refractivity contribution is 7.91. The van der Waals surface area contributed by atoms with Gasteiger partial charge in [0.15, 0.2) is 9.84 Å². The molecule has 18 heavy (non-hydrogen) atoms. The first-order valence-electron chi connectivity index (χ1n) is 5.59. The Morgan fingerprint density at radius 1 is 1.39 bits per heavy atom. The van der Waals surface area contributed by atoms with Crippen molar-refractivity contribution in [1.82, 2.24) is 4.90 Å². The highest BCUT2D eigenvalue weighted by Gasteiger charge is 2.28. The Kier molecular flexibility index (Phi) is 4.55. The number of carbonyl (C=O) groups is 1. The molecule has 1 heterocycles. The SMILES string of the molecule is CC(C)(C)N(Cc1ccsc1)C(=O)CS(C)(=O)=O. The van der Waals surface area contributed by atoms with Gasteiger partial charge in [0.05, 0.1) is 0 Å². The number of sulfone groups is 1. The minimum Gasteiger partial charge on any atom is -0.333 e. The van der Waals surface area contributed by atoms with Gasteiger partial charge in [-0.25, -0.2) is 8.42 Å². The summed E-state index contributed by atoms with van der Waals surface area (Å²) in [6.45, 7) is 6.15. The Morgan fingerprint density at radius 2 is 2.00 bits per heavy atom. The number of hydrogen-bond acceptors (Lipinski definition) is 4. The average molecular weight is 289 g/mol. The maximum absolute atomic E-state index is 12.1. The van der Waals surface area contributed by atoms with Crippen LogP contribution in [0.2, 0.25) is 0 Å². The molecular weight excluding hydrogens is 270 g/mol. The number of carbonyl (C=O) groups excluding carboxylic acids is 1. The van der Waals surface area contributed by atoms with Crippen LogP contribution >= 0.6 is 11.3 Å². The van der Waals surface area contributed by atoms with E-state index in [1.807, 2.05) is 37.6 Å². The first-order valence-corrected chi connectivity index (χ1v) is 8.59. The zero-order valence-corrected chi connectivity index (χ0v) is 12.8. The number of nitrogens with zero attached hydrogens (tertiary/aromatic N) is 1. The Labute approximate surface area is 113 Å².